The fourth-order valence-electron chi connectivity index (χ4n) is 1.02. The van der Waals surface area contributed by atoms with Gasteiger partial charge >= 0.3 is 0 Å². The molecular formula is C11H11ClN2. The monoisotopic (exact) mass is 206 g/mol. The topological polar surface area (TPSA) is 35.8 Å². The summed E-state index contributed by atoms with van der Waals surface area (Å²) in [6, 6.07) is 7.23. The van der Waals surface area contributed by atoms with Gasteiger partial charge in [0.2, 0.25) is 0 Å². The lowest BCUT2D eigenvalue weighted by Gasteiger charge is -2.05. The Balaban J connectivity index is 2.80. The van der Waals surface area contributed by atoms with Gasteiger partial charge in [-0.1, -0.05) is 23.8 Å². The van der Waals surface area contributed by atoms with E-state index in [0.29, 0.717) is 17.1 Å². The molecule has 0 aliphatic carbocycles. The molecule has 0 spiro atoms. The Labute approximate surface area is 88.8 Å². The second-order valence-corrected chi connectivity index (χ2v) is 3.16. The summed E-state index contributed by atoms with van der Waals surface area (Å²) in [5.74, 6) is 0. The van der Waals surface area contributed by atoms with Gasteiger partial charge in [0, 0.05) is 6.54 Å². The molecular weight excluding hydrogens is 196 g/mol. The Kier molecular flexibility index (Phi) is 4.03. The van der Waals surface area contributed by atoms with Crippen LogP contribution in [0.4, 0.5) is 5.69 Å². The van der Waals surface area contributed by atoms with E-state index in [1.165, 1.54) is 0 Å². The van der Waals surface area contributed by atoms with Crippen molar-refractivity contribution in [2.45, 2.75) is 6.92 Å². The van der Waals surface area contributed by atoms with Gasteiger partial charge in [-0.3, -0.25) is 0 Å². The zero-order valence-corrected chi connectivity index (χ0v) is 8.67. The van der Waals surface area contributed by atoms with Crippen LogP contribution in [0, 0.1) is 11.3 Å². The van der Waals surface area contributed by atoms with Crippen LogP contribution < -0.4 is 5.32 Å². The molecule has 0 aliphatic rings. The van der Waals surface area contributed by atoms with Crippen molar-refractivity contribution in [1.82, 2.24) is 0 Å². The van der Waals surface area contributed by atoms with Crippen LogP contribution >= 0.6 is 11.6 Å². The van der Waals surface area contributed by atoms with Crippen LogP contribution in [-0.2, 0) is 0 Å². The minimum absolute atomic E-state index is 0.609. The Morgan fingerprint density at radius 3 is 3.00 bits per heavy atom. The standard InChI is InChI=1S/C11H11ClN2/c1-2-3-6-14-11-7-9(8-13)4-5-10(11)12/h2-5,7,14H,6H2,1H3/b3-2+. The lowest BCUT2D eigenvalue weighted by Crippen LogP contribution is -1.98. The van der Waals surface area contributed by atoms with Gasteiger partial charge in [0.15, 0.2) is 0 Å². The van der Waals surface area contributed by atoms with E-state index in [0.717, 1.165) is 5.69 Å². The largest absolute Gasteiger partial charge is 0.380 e. The molecule has 0 aliphatic heterocycles. The summed E-state index contributed by atoms with van der Waals surface area (Å²) >= 11 is 5.94. The Morgan fingerprint density at radius 1 is 1.57 bits per heavy atom. The summed E-state index contributed by atoms with van der Waals surface area (Å²) < 4.78 is 0. The number of hydrogen-bond acceptors (Lipinski definition) is 2. The number of benzene rings is 1. The normalized spacial score (nSPS) is 10.1. The lowest BCUT2D eigenvalue weighted by atomic mass is 10.2. The zero-order valence-electron chi connectivity index (χ0n) is 7.92. The average molecular weight is 207 g/mol. The number of nitriles is 1. The van der Waals surface area contributed by atoms with Gasteiger partial charge in [0.25, 0.3) is 0 Å². The van der Waals surface area contributed by atoms with Gasteiger partial charge in [-0.05, 0) is 25.1 Å². The second kappa shape index (κ2) is 5.31. The summed E-state index contributed by atoms with van der Waals surface area (Å²) in [6.07, 6.45) is 3.93. The van der Waals surface area contributed by atoms with E-state index >= 15 is 0 Å². The van der Waals surface area contributed by atoms with E-state index in [1.807, 2.05) is 19.1 Å². The van der Waals surface area contributed by atoms with E-state index in [4.69, 9.17) is 16.9 Å². The second-order valence-electron chi connectivity index (χ2n) is 2.76. The van der Waals surface area contributed by atoms with E-state index in [1.54, 1.807) is 18.2 Å². The van der Waals surface area contributed by atoms with E-state index in [2.05, 4.69) is 11.4 Å². The Bertz CT molecular complexity index is 377. The van der Waals surface area contributed by atoms with Crippen LogP contribution in [0.2, 0.25) is 5.02 Å². The van der Waals surface area contributed by atoms with Crippen molar-refractivity contribution >= 4 is 17.3 Å². The molecule has 1 rings (SSSR count). The number of anilines is 1. The van der Waals surface area contributed by atoms with Gasteiger partial charge in [-0.2, -0.15) is 5.26 Å². The smallest absolute Gasteiger partial charge is 0.0992 e. The van der Waals surface area contributed by atoms with Crippen LogP contribution in [0.25, 0.3) is 0 Å². The lowest BCUT2D eigenvalue weighted by molar-refractivity contribution is 1.32. The van der Waals surface area contributed by atoms with Crippen molar-refractivity contribution in [1.29, 1.82) is 5.26 Å². The summed E-state index contributed by atoms with van der Waals surface area (Å²) in [4.78, 5) is 0. The number of hydrogen-bond donors (Lipinski definition) is 1. The van der Waals surface area contributed by atoms with Crippen LogP contribution in [0.3, 0.4) is 0 Å². The molecule has 0 unspecified atom stereocenters. The highest BCUT2D eigenvalue weighted by molar-refractivity contribution is 6.33. The average Bonchev–Trinajstić information content (AvgIpc) is 2.21. The van der Waals surface area contributed by atoms with Crippen molar-refractivity contribution in [2.75, 3.05) is 11.9 Å². The summed E-state index contributed by atoms with van der Waals surface area (Å²) in [5, 5.41) is 12.4. The molecule has 1 aromatic rings. The molecule has 0 saturated carbocycles. The van der Waals surface area contributed by atoms with Crippen LogP contribution in [0.5, 0.6) is 0 Å². The van der Waals surface area contributed by atoms with Gasteiger partial charge in [-0.15, -0.1) is 0 Å². The minimum atomic E-state index is 0.609. The molecule has 2 nitrogen and oxygen atoms in total. The molecule has 1 aromatic carbocycles. The maximum Gasteiger partial charge on any atom is 0.0992 e. The third kappa shape index (κ3) is 2.79. The predicted molar refractivity (Wildman–Crippen MR) is 59.5 cm³/mol. The first-order chi connectivity index (χ1) is 6.77. The molecule has 0 aromatic heterocycles. The highest BCUT2D eigenvalue weighted by Gasteiger charge is 1.99. The highest BCUT2D eigenvalue weighted by atomic mass is 35.5. The first kappa shape index (κ1) is 10.6. The molecule has 0 heterocycles. The quantitative estimate of drug-likeness (QED) is 0.771. The van der Waals surface area contributed by atoms with Gasteiger partial charge in [0.1, 0.15) is 0 Å². The van der Waals surface area contributed by atoms with Crippen LogP contribution in [0.1, 0.15) is 12.5 Å². The predicted octanol–water partition coefficient (Wildman–Crippen LogP) is 3.20. The maximum atomic E-state index is 8.69. The molecule has 0 amide bonds. The molecule has 0 radical (unpaired) electrons. The Morgan fingerprint density at radius 2 is 2.36 bits per heavy atom. The zero-order chi connectivity index (χ0) is 10.4. The van der Waals surface area contributed by atoms with Crippen LogP contribution in [-0.4, -0.2) is 6.54 Å². The van der Waals surface area contributed by atoms with Crippen LogP contribution in [0.15, 0.2) is 30.4 Å². The molecule has 0 atom stereocenters. The van der Waals surface area contributed by atoms with E-state index in [9.17, 15) is 0 Å². The number of rotatable bonds is 3. The number of halogens is 1. The fourth-order valence-corrected chi connectivity index (χ4v) is 1.20. The first-order valence-corrected chi connectivity index (χ1v) is 4.70. The third-order valence-electron chi connectivity index (χ3n) is 1.74. The molecule has 14 heavy (non-hydrogen) atoms. The Hall–Kier alpha value is -1.46. The first-order valence-electron chi connectivity index (χ1n) is 4.32. The van der Waals surface area contributed by atoms with Gasteiger partial charge < -0.3 is 5.32 Å². The molecule has 3 heteroatoms. The number of nitrogens with one attached hydrogen (secondary N) is 1. The summed E-state index contributed by atoms with van der Waals surface area (Å²) in [7, 11) is 0. The SMILES string of the molecule is C/C=C/CNc1cc(C#N)ccc1Cl. The molecule has 0 saturated heterocycles. The molecule has 1 N–H and O–H groups in total. The van der Waals surface area contributed by atoms with Crippen molar-refractivity contribution < 1.29 is 0 Å². The number of nitrogens with zero attached hydrogens (tertiary/aromatic N) is 1. The summed E-state index contributed by atoms with van der Waals surface area (Å²) in [5.41, 5.74) is 1.40. The van der Waals surface area contributed by atoms with Crippen molar-refractivity contribution in [3.63, 3.8) is 0 Å². The molecule has 0 bridgehead atoms. The van der Waals surface area contributed by atoms with Crippen molar-refractivity contribution in [3.05, 3.63) is 40.9 Å². The minimum Gasteiger partial charge on any atom is -0.380 e. The maximum absolute atomic E-state index is 8.69. The van der Waals surface area contributed by atoms with Crippen molar-refractivity contribution in [3.8, 4) is 6.07 Å². The van der Waals surface area contributed by atoms with Gasteiger partial charge in [0.05, 0.1) is 22.3 Å². The molecule has 0 fully saturated rings. The van der Waals surface area contributed by atoms with Gasteiger partial charge in [-0.25, -0.2) is 0 Å². The summed E-state index contributed by atoms with van der Waals surface area (Å²) in [6.45, 7) is 2.67. The van der Waals surface area contributed by atoms with E-state index < -0.39 is 0 Å². The fraction of sp³-hybridized carbons (Fsp3) is 0.182. The van der Waals surface area contributed by atoms with Crippen molar-refractivity contribution in [2.24, 2.45) is 0 Å². The third-order valence-corrected chi connectivity index (χ3v) is 2.07. The number of allylic oxidation sites excluding steroid dienone is 1. The van der Waals surface area contributed by atoms with E-state index in [-0.39, 0.29) is 0 Å². The highest BCUT2D eigenvalue weighted by Crippen LogP contribution is 2.22. The molecule has 72 valence electrons.